The van der Waals surface area contributed by atoms with Crippen LogP contribution in [0.1, 0.15) is 39.5 Å². The Balaban J connectivity index is 1.35. The number of unbranched alkanes of at least 4 members (excludes halogenated alkanes) is 2. The van der Waals surface area contributed by atoms with Crippen LogP contribution in [0.25, 0.3) is 40.4 Å². The smallest absolute Gasteiger partial charge is 0.269 e. The molecule has 0 saturated carbocycles. The average molecular weight is 553 g/mol. The molecule has 3 heterocycles. The van der Waals surface area contributed by atoms with Gasteiger partial charge >= 0.3 is 0 Å². The minimum Gasteiger partial charge on any atom is -0.489 e. The molecule has 0 radical (unpaired) electrons. The Kier molecular flexibility index (Phi) is 7.37. The highest BCUT2D eigenvalue weighted by molar-refractivity contribution is 7.27. The van der Waals surface area contributed by atoms with E-state index < -0.39 is 21.7 Å². The fourth-order valence-electron chi connectivity index (χ4n) is 3.91. The van der Waals surface area contributed by atoms with Crippen molar-refractivity contribution in [2.24, 2.45) is 0 Å². The first kappa shape index (κ1) is 25.5. The molecule has 0 aliphatic carbocycles. The van der Waals surface area contributed by atoms with Gasteiger partial charge in [0.2, 0.25) is 10.9 Å². The van der Waals surface area contributed by atoms with E-state index in [4.69, 9.17) is 9.47 Å². The van der Waals surface area contributed by atoms with Crippen LogP contribution in [0.5, 0.6) is 11.5 Å². The van der Waals surface area contributed by atoms with E-state index >= 15 is 0 Å². The van der Waals surface area contributed by atoms with Crippen LogP contribution < -0.4 is 31.2 Å². The van der Waals surface area contributed by atoms with Gasteiger partial charge in [0, 0.05) is 29.3 Å². The number of ether oxygens (including phenoxy) is 2. The van der Waals surface area contributed by atoms with Crippen molar-refractivity contribution >= 4 is 34.0 Å². The van der Waals surface area contributed by atoms with Crippen molar-refractivity contribution in [2.75, 3.05) is 13.2 Å². The normalized spacial score (nSPS) is 11.5. The van der Waals surface area contributed by atoms with E-state index in [1.807, 2.05) is 50.2 Å². The molecule has 3 aromatic heterocycles. The summed E-state index contributed by atoms with van der Waals surface area (Å²) in [5.74, 6) is 0.363. The molecular formula is C28H24O6S3. The average Bonchev–Trinajstić information content (AvgIpc) is 3.68. The molecule has 37 heavy (non-hydrogen) atoms. The van der Waals surface area contributed by atoms with Crippen LogP contribution in [-0.4, -0.2) is 13.2 Å². The van der Waals surface area contributed by atoms with Gasteiger partial charge < -0.3 is 9.47 Å². The van der Waals surface area contributed by atoms with Gasteiger partial charge in [0.25, 0.3) is 10.9 Å². The van der Waals surface area contributed by atoms with E-state index in [1.54, 1.807) is 11.3 Å². The lowest BCUT2D eigenvalue weighted by molar-refractivity contribution is 0.304. The second-order valence-electron chi connectivity index (χ2n) is 8.62. The monoisotopic (exact) mass is 552 g/mol. The molecule has 0 atom stereocenters. The lowest BCUT2D eigenvalue weighted by Gasteiger charge is -2.10. The summed E-state index contributed by atoms with van der Waals surface area (Å²) >= 11 is 4.51. The van der Waals surface area contributed by atoms with Gasteiger partial charge in [-0.1, -0.05) is 26.7 Å². The van der Waals surface area contributed by atoms with E-state index in [-0.39, 0.29) is 11.5 Å². The SMILES string of the molecule is CCCCOc1c(-c2ccc(-c3ccc(-c4ccc(-c5c(OCCCC)c(=O)c5=O)s4)s3)s2)c(=O)c1=O. The highest BCUT2D eigenvalue weighted by Gasteiger charge is 2.27. The van der Waals surface area contributed by atoms with Gasteiger partial charge in [0.1, 0.15) is 0 Å². The van der Waals surface area contributed by atoms with E-state index in [0.717, 1.165) is 54.9 Å². The zero-order valence-corrected chi connectivity index (χ0v) is 22.8. The third-order valence-electron chi connectivity index (χ3n) is 6.02. The van der Waals surface area contributed by atoms with E-state index in [1.165, 1.54) is 22.7 Å². The fourth-order valence-corrected chi connectivity index (χ4v) is 7.19. The zero-order valence-electron chi connectivity index (χ0n) is 20.4. The highest BCUT2D eigenvalue weighted by atomic mass is 32.1. The van der Waals surface area contributed by atoms with Crippen LogP contribution in [0.15, 0.2) is 55.6 Å². The first-order valence-electron chi connectivity index (χ1n) is 12.2. The standard InChI is InChI=1S/C28H24O6S3/c1-3-5-13-33-27-21(23(29)25(27)31)19-11-9-17(36-19)15-7-8-16(35-15)18-10-12-20(37-18)22-24(30)26(32)28(22)34-14-6-4-2/h7-12H,3-6,13-14H2,1-2H3. The highest BCUT2D eigenvalue weighted by Crippen LogP contribution is 2.44. The van der Waals surface area contributed by atoms with Crippen molar-refractivity contribution in [1.29, 1.82) is 0 Å². The van der Waals surface area contributed by atoms with Crippen molar-refractivity contribution in [1.82, 2.24) is 0 Å². The van der Waals surface area contributed by atoms with E-state index in [0.29, 0.717) is 24.3 Å². The molecule has 0 saturated heterocycles. The van der Waals surface area contributed by atoms with Crippen molar-refractivity contribution in [3.8, 4) is 51.9 Å². The summed E-state index contributed by atoms with van der Waals surface area (Å²) in [6.07, 6.45) is 3.54. The first-order valence-corrected chi connectivity index (χ1v) is 14.6. The van der Waals surface area contributed by atoms with Crippen molar-refractivity contribution in [3.63, 3.8) is 0 Å². The Morgan fingerprint density at radius 2 is 0.838 bits per heavy atom. The lowest BCUT2D eigenvalue weighted by Crippen LogP contribution is -2.34. The molecule has 0 unspecified atom stereocenters. The summed E-state index contributed by atoms with van der Waals surface area (Å²) < 4.78 is 11.2. The van der Waals surface area contributed by atoms with E-state index in [9.17, 15) is 19.2 Å². The predicted molar refractivity (Wildman–Crippen MR) is 152 cm³/mol. The van der Waals surface area contributed by atoms with Gasteiger partial charge in [-0.25, -0.2) is 0 Å². The van der Waals surface area contributed by atoms with Crippen LogP contribution in [-0.2, 0) is 0 Å². The third-order valence-corrected chi connectivity index (χ3v) is 9.70. The van der Waals surface area contributed by atoms with Gasteiger partial charge in [-0.3, -0.25) is 19.2 Å². The number of thiophene rings is 3. The molecule has 5 rings (SSSR count). The summed E-state index contributed by atoms with van der Waals surface area (Å²) in [6.45, 7) is 4.92. The molecule has 5 aromatic rings. The van der Waals surface area contributed by atoms with Crippen LogP contribution >= 0.6 is 34.0 Å². The van der Waals surface area contributed by atoms with Gasteiger partial charge in [0.05, 0.1) is 24.3 Å². The molecule has 0 bridgehead atoms. The summed E-state index contributed by atoms with van der Waals surface area (Å²) in [5, 5.41) is 0. The Morgan fingerprint density at radius 1 is 0.514 bits per heavy atom. The molecule has 0 spiro atoms. The minimum absolute atomic E-state index is 0.182. The summed E-state index contributed by atoms with van der Waals surface area (Å²) in [6, 6.07) is 11.7. The molecule has 0 aliphatic rings. The molecule has 6 nitrogen and oxygen atoms in total. The lowest BCUT2D eigenvalue weighted by atomic mass is 10.1. The Bertz CT molecular complexity index is 1570. The maximum Gasteiger partial charge on any atom is 0.269 e. The molecular weight excluding hydrogens is 529 g/mol. The quantitative estimate of drug-likeness (QED) is 0.138. The van der Waals surface area contributed by atoms with Crippen molar-refractivity contribution < 1.29 is 9.47 Å². The zero-order chi connectivity index (χ0) is 26.1. The summed E-state index contributed by atoms with van der Waals surface area (Å²) in [7, 11) is 0. The Labute approximate surface area is 224 Å². The minimum atomic E-state index is -0.548. The topological polar surface area (TPSA) is 86.7 Å². The second kappa shape index (κ2) is 10.7. The Hall–Kier alpha value is -3.14. The number of rotatable bonds is 12. The first-order chi connectivity index (χ1) is 17.9. The van der Waals surface area contributed by atoms with Crippen molar-refractivity contribution in [3.05, 3.63) is 77.3 Å². The second-order valence-corrected chi connectivity index (χ2v) is 11.9. The molecule has 0 aliphatic heterocycles. The van der Waals surface area contributed by atoms with Gasteiger partial charge in [0.15, 0.2) is 11.5 Å². The number of hydrogen-bond donors (Lipinski definition) is 0. The van der Waals surface area contributed by atoms with E-state index in [2.05, 4.69) is 0 Å². The number of hydrogen-bond acceptors (Lipinski definition) is 9. The van der Waals surface area contributed by atoms with Crippen LogP contribution in [0, 0.1) is 0 Å². The molecule has 0 amide bonds. The van der Waals surface area contributed by atoms with Crippen LogP contribution in [0.4, 0.5) is 0 Å². The molecule has 0 N–H and O–H groups in total. The Morgan fingerprint density at radius 3 is 1.19 bits per heavy atom. The van der Waals surface area contributed by atoms with Crippen molar-refractivity contribution in [2.45, 2.75) is 39.5 Å². The molecule has 9 heteroatoms. The van der Waals surface area contributed by atoms with Gasteiger partial charge in [-0.05, 0) is 49.2 Å². The molecule has 190 valence electrons. The largest absolute Gasteiger partial charge is 0.489 e. The maximum absolute atomic E-state index is 12.2. The molecule has 2 aromatic carbocycles. The predicted octanol–water partition coefficient (Wildman–Crippen LogP) is 6.09. The third kappa shape index (κ3) is 4.67. The van der Waals surface area contributed by atoms with Crippen LogP contribution in [0.3, 0.4) is 0 Å². The maximum atomic E-state index is 12.2. The fraction of sp³-hybridized carbons (Fsp3) is 0.286. The van der Waals surface area contributed by atoms with Gasteiger partial charge in [-0.2, -0.15) is 0 Å². The van der Waals surface area contributed by atoms with Gasteiger partial charge in [-0.15, -0.1) is 34.0 Å². The van der Waals surface area contributed by atoms with Crippen LogP contribution in [0.2, 0.25) is 0 Å². The summed E-state index contributed by atoms with van der Waals surface area (Å²) in [5.41, 5.74) is -1.32. The summed E-state index contributed by atoms with van der Waals surface area (Å²) in [4.78, 5) is 54.0. The molecule has 0 fully saturated rings.